The van der Waals surface area contributed by atoms with Crippen LogP contribution in [0.5, 0.6) is 0 Å². The van der Waals surface area contributed by atoms with Gasteiger partial charge in [0.2, 0.25) is 5.91 Å². The summed E-state index contributed by atoms with van der Waals surface area (Å²) in [5.74, 6) is 1.60. The normalized spacial score (nSPS) is 17.6. The predicted molar refractivity (Wildman–Crippen MR) is 88.0 cm³/mol. The van der Waals surface area contributed by atoms with Gasteiger partial charge in [0.1, 0.15) is 5.82 Å². The van der Waals surface area contributed by atoms with E-state index in [9.17, 15) is 4.79 Å². The van der Waals surface area contributed by atoms with Crippen LogP contribution in [0.15, 0.2) is 24.3 Å². The van der Waals surface area contributed by atoms with Crippen molar-refractivity contribution in [3.63, 3.8) is 0 Å². The van der Waals surface area contributed by atoms with Crippen LogP contribution in [0.4, 0.5) is 5.69 Å². The fraction of sp³-hybridized carbons (Fsp3) is 0.400. The number of carbonyl (C=O) groups excluding carboxylic acids is 1. The van der Waals surface area contributed by atoms with Crippen LogP contribution in [0.3, 0.4) is 0 Å². The molecule has 1 amide bonds. The molecule has 1 saturated heterocycles. The van der Waals surface area contributed by atoms with Gasteiger partial charge in [0.15, 0.2) is 5.82 Å². The maximum atomic E-state index is 12.1. The Bertz CT molecular complexity index is 619. The second kappa shape index (κ2) is 7.38. The van der Waals surface area contributed by atoms with Crippen LogP contribution in [-0.4, -0.2) is 34.2 Å². The largest absolute Gasteiger partial charge is 0.326 e. The monoisotopic (exact) mass is 321 g/mol. The van der Waals surface area contributed by atoms with E-state index in [0.29, 0.717) is 5.82 Å². The predicted octanol–water partition coefficient (Wildman–Crippen LogP) is 2.14. The van der Waals surface area contributed by atoms with Gasteiger partial charge in [-0.25, -0.2) is 4.98 Å². The standard InChI is InChI=1S/C15H19N5O.ClH/c1-10-17-14(20-19-10)11-4-6-13(7-5-11)18-15(21)12-3-2-8-16-9-12;/h4-7,12,16H,2-3,8-9H2,1H3,(H,18,21)(H,17,19,20);1H. The Kier molecular flexibility index (Phi) is 5.51. The van der Waals surface area contributed by atoms with E-state index < -0.39 is 0 Å². The van der Waals surface area contributed by atoms with Gasteiger partial charge < -0.3 is 10.6 Å². The van der Waals surface area contributed by atoms with Crippen molar-refractivity contribution < 1.29 is 4.79 Å². The summed E-state index contributed by atoms with van der Waals surface area (Å²) in [4.78, 5) is 16.4. The van der Waals surface area contributed by atoms with Crippen molar-refractivity contribution >= 4 is 24.0 Å². The quantitative estimate of drug-likeness (QED) is 0.809. The number of nitrogens with zero attached hydrogens (tertiary/aromatic N) is 2. The van der Waals surface area contributed by atoms with Crippen LogP contribution < -0.4 is 10.6 Å². The summed E-state index contributed by atoms with van der Waals surface area (Å²) in [7, 11) is 0. The number of hydrogen-bond acceptors (Lipinski definition) is 4. The number of carbonyl (C=O) groups is 1. The minimum atomic E-state index is 0. The van der Waals surface area contributed by atoms with E-state index in [1.807, 2.05) is 31.2 Å². The molecule has 1 fully saturated rings. The zero-order chi connectivity index (χ0) is 14.7. The molecule has 0 saturated carbocycles. The van der Waals surface area contributed by atoms with Crippen molar-refractivity contribution in [3.05, 3.63) is 30.1 Å². The lowest BCUT2D eigenvalue weighted by atomic mass is 9.99. The Hall–Kier alpha value is -1.92. The number of benzene rings is 1. The molecule has 1 aromatic carbocycles. The first-order valence-electron chi connectivity index (χ1n) is 7.23. The number of aromatic nitrogens is 3. The van der Waals surface area contributed by atoms with Crippen molar-refractivity contribution in [2.24, 2.45) is 5.92 Å². The molecule has 0 spiro atoms. The Morgan fingerprint density at radius 2 is 2.09 bits per heavy atom. The molecule has 2 aromatic rings. The van der Waals surface area contributed by atoms with Gasteiger partial charge in [0, 0.05) is 17.8 Å². The molecule has 0 radical (unpaired) electrons. The highest BCUT2D eigenvalue weighted by molar-refractivity contribution is 5.93. The van der Waals surface area contributed by atoms with E-state index in [0.717, 1.165) is 43.0 Å². The van der Waals surface area contributed by atoms with E-state index in [1.54, 1.807) is 0 Å². The molecule has 3 rings (SSSR count). The van der Waals surface area contributed by atoms with Crippen molar-refractivity contribution in [2.75, 3.05) is 18.4 Å². The number of halogens is 1. The van der Waals surface area contributed by atoms with Gasteiger partial charge in [-0.05, 0) is 50.6 Å². The number of piperidine rings is 1. The Labute approximate surface area is 135 Å². The van der Waals surface area contributed by atoms with Gasteiger partial charge in [-0.15, -0.1) is 12.4 Å². The second-order valence-corrected chi connectivity index (χ2v) is 5.35. The molecule has 1 aliphatic rings. The molecule has 3 N–H and O–H groups in total. The van der Waals surface area contributed by atoms with Gasteiger partial charge in [-0.1, -0.05) is 0 Å². The van der Waals surface area contributed by atoms with Crippen LogP contribution >= 0.6 is 12.4 Å². The van der Waals surface area contributed by atoms with Crippen molar-refractivity contribution in [3.8, 4) is 11.4 Å². The molecule has 2 heterocycles. The minimum absolute atomic E-state index is 0. The molecular weight excluding hydrogens is 302 g/mol. The first-order valence-corrected chi connectivity index (χ1v) is 7.23. The number of hydrogen-bond donors (Lipinski definition) is 3. The molecule has 22 heavy (non-hydrogen) atoms. The molecule has 6 nitrogen and oxygen atoms in total. The molecule has 1 atom stereocenters. The molecule has 0 bridgehead atoms. The zero-order valence-electron chi connectivity index (χ0n) is 12.4. The maximum Gasteiger partial charge on any atom is 0.228 e. The number of nitrogens with one attached hydrogen (secondary N) is 3. The van der Waals surface area contributed by atoms with Gasteiger partial charge in [-0.3, -0.25) is 9.89 Å². The van der Waals surface area contributed by atoms with E-state index in [1.165, 1.54) is 0 Å². The SMILES string of the molecule is Cc1nc(-c2ccc(NC(=O)C3CCCNC3)cc2)n[nH]1.Cl. The summed E-state index contributed by atoms with van der Waals surface area (Å²) in [5.41, 5.74) is 1.73. The van der Waals surface area contributed by atoms with Crippen molar-refractivity contribution in [2.45, 2.75) is 19.8 Å². The topological polar surface area (TPSA) is 82.7 Å². The molecular formula is C15H20ClN5O. The smallest absolute Gasteiger partial charge is 0.228 e. The first-order chi connectivity index (χ1) is 10.2. The average Bonchev–Trinajstić information content (AvgIpc) is 2.95. The number of rotatable bonds is 3. The lowest BCUT2D eigenvalue weighted by molar-refractivity contribution is -0.120. The van der Waals surface area contributed by atoms with Crippen LogP contribution in [0.2, 0.25) is 0 Å². The lowest BCUT2D eigenvalue weighted by Gasteiger charge is -2.21. The summed E-state index contributed by atoms with van der Waals surface area (Å²) in [6.07, 6.45) is 2.01. The lowest BCUT2D eigenvalue weighted by Crippen LogP contribution is -2.37. The van der Waals surface area contributed by atoms with Gasteiger partial charge in [0.05, 0.1) is 5.92 Å². The molecule has 0 aliphatic carbocycles. The molecule has 118 valence electrons. The highest BCUT2D eigenvalue weighted by Crippen LogP contribution is 2.19. The summed E-state index contributed by atoms with van der Waals surface area (Å²) >= 11 is 0. The van der Waals surface area contributed by atoms with Crippen LogP contribution in [0.1, 0.15) is 18.7 Å². The first kappa shape index (κ1) is 16.5. The Balaban J connectivity index is 0.00000176. The van der Waals surface area contributed by atoms with Crippen molar-refractivity contribution in [1.82, 2.24) is 20.5 Å². The van der Waals surface area contributed by atoms with Crippen LogP contribution in [-0.2, 0) is 4.79 Å². The summed E-state index contributed by atoms with van der Waals surface area (Å²) < 4.78 is 0. The minimum Gasteiger partial charge on any atom is -0.326 e. The molecule has 1 aromatic heterocycles. The summed E-state index contributed by atoms with van der Waals surface area (Å²) in [6, 6.07) is 7.60. The summed E-state index contributed by atoms with van der Waals surface area (Å²) in [6.45, 7) is 3.64. The van der Waals surface area contributed by atoms with Gasteiger partial charge in [0.25, 0.3) is 0 Å². The fourth-order valence-corrected chi connectivity index (χ4v) is 2.49. The van der Waals surface area contributed by atoms with Crippen molar-refractivity contribution in [1.29, 1.82) is 0 Å². The second-order valence-electron chi connectivity index (χ2n) is 5.35. The average molecular weight is 322 g/mol. The molecule has 1 aliphatic heterocycles. The van der Waals surface area contributed by atoms with E-state index in [2.05, 4.69) is 25.8 Å². The number of aryl methyl sites for hydroxylation is 1. The van der Waals surface area contributed by atoms with E-state index in [-0.39, 0.29) is 24.2 Å². The van der Waals surface area contributed by atoms with Gasteiger partial charge >= 0.3 is 0 Å². The number of amides is 1. The number of H-pyrrole nitrogens is 1. The highest BCUT2D eigenvalue weighted by atomic mass is 35.5. The fourth-order valence-electron chi connectivity index (χ4n) is 2.49. The third kappa shape index (κ3) is 3.84. The van der Waals surface area contributed by atoms with E-state index >= 15 is 0 Å². The highest BCUT2D eigenvalue weighted by Gasteiger charge is 2.20. The van der Waals surface area contributed by atoms with E-state index in [4.69, 9.17) is 0 Å². The van der Waals surface area contributed by atoms with Gasteiger partial charge in [-0.2, -0.15) is 5.10 Å². The summed E-state index contributed by atoms with van der Waals surface area (Å²) in [5, 5.41) is 13.2. The third-order valence-corrected chi connectivity index (χ3v) is 3.68. The Morgan fingerprint density at radius 1 is 1.32 bits per heavy atom. The van der Waals surface area contributed by atoms with Crippen LogP contribution in [0, 0.1) is 12.8 Å². The van der Waals surface area contributed by atoms with Crippen LogP contribution in [0.25, 0.3) is 11.4 Å². The number of aromatic amines is 1. The number of anilines is 1. The maximum absolute atomic E-state index is 12.1. The third-order valence-electron chi connectivity index (χ3n) is 3.68. The molecule has 7 heteroatoms. The zero-order valence-corrected chi connectivity index (χ0v) is 13.2. The Morgan fingerprint density at radius 3 is 2.68 bits per heavy atom. The molecule has 1 unspecified atom stereocenters.